The van der Waals surface area contributed by atoms with Gasteiger partial charge in [0.1, 0.15) is 0 Å². The van der Waals surface area contributed by atoms with Crippen molar-refractivity contribution in [2.45, 2.75) is 56.9 Å². The number of halogens is 1. The molecule has 2 heterocycles. The Morgan fingerprint density at radius 1 is 1.47 bits per heavy atom. The molecule has 0 aliphatic carbocycles. The fourth-order valence-corrected chi connectivity index (χ4v) is 3.56. The fraction of sp³-hybridized carbons (Fsp3) is 0.714. The first-order valence-electron chi connectivity index (χ1n) is 6.32. The van der Waals surface area contributed by atoms with E-state index in [9.17, 15) is 0 Å². The lowest BCUT2D eigenvalue weighted by Gasteiger charge is -2.16. The molecule has 0 amide bonds. The highest BCUT2D eigenvalue weighted by molar-refractivity contribution is 7.12. The van der Waals surface area contributed by atoms with E-state index < -0.39 is 0 Å². The largest absolute Gasteiger partial charge is 0.378 e. The minimum absolute atomic E-state index is 0.110. The van der Waals surface area contributed by atoms with Crippen molar-refractivity contribution in [2.75, 3.05) is 6.61 Å². The predicted molar refractivity (Wildman–Crippen MR) is 75.2 cm³/mol. The third-order valence-electron chi connectivity index (χ3n) is 3.17. The van der Waals surface area contributed by atoms with Crippen LogP contribution in [0.3, 0.4) is 0 Å². The summed E-state index contributed by atoms with van der Waals surface area (Å²) in [4.78, 5) is 2.69. The Bertz CT molecular complexity index is 361. The number of hydrogen-bond donors (Lipinski definition) is 0. The van der Waals surface area contributed by atoms with Crippen molar-refractivity contribution >= 4 is 22.9 Å². The van der Waals surface area contributed by atoms with Crippen molar-refractivity contribution in [1.82, 2.24) is 0 Å². The molecule has 96 valence electrons. The highest BCUT2D eigenvalue weighted by atomic mass is 35.5. The van der Waals surface area contributed by atoms with E-state index in [1.807, 2.05) is 11.3 Å². The van der Waals surface area contributed by atoms with Crippen molar-refractivity contribution in [3.05, 3.63) is 21.9 Å². The zero-order chi connectivity index (χ0) is 12.5. The van der Waals surface area contributed by atoms with E-state index in [0.717, 1.165) is 13.0 Å². The molecule has 2 atom stereocenters. The molecule has 2 unspecified atom stereocenters. The van der Waals surface area contributed by atoms with Gasteiger partial charge >= 0.3 is 0 Å². The summed E-state index contributed by atoms with van der Waals surface area (Å²) < 4.78 is 5.64. The minimum Gasteiger partial charge on any atom is -0.378 e. The Morgan fingerprint density at radius 3 is 2.76 bits per heavy atom. The third-order valence-corrected chi connectivity index (χ3v) is 5.34. The molecule has 1 fully saturated rings. The lowest BCUT2D eigenvalue weighted by atomic mass is 9.95. The molecule has 1 aromatic heterocycles. The highest BCUT2D eigenvalue weighted by Crippen LogP contribution is 2.37. The van der Waals surface area contributed by atoms with Crippen molar-refractivity contribution in [3.63, 3.8) is 0 Å². The van der Waals surface area contributed by atoms with Gasteiger partial charge < -0.3 is 4.74 Å². The summed E-state index contributed by atoms with van der Waals surface area (Å²) in [7, 11) is 0. The van der Waals surface area contributed by atoms with Crippen LogP contribution in [0.15, 0.2) is 12.1 Å². The summed E-state index contributed by atoms with van der Waals surface area (Å²) in [6, 6.07) is 4.39. The lowest BCUT2D eigenvalue weighted by molar-refractivity contribution is 0.103. The van der Waals surface area contributed by atoms with E-state index in [1.165, 1.54) is 22.6 Å². The Kier molecular flexibility index (Phi) is 4.17. The molecule has 0 saturated carbocycles. The molecule has 17 heavy (non-hydrogen) atoms. The third kappa shape index (κ3) is 3.46. The molecule has 2 rings (SSSR count). The SMILES string of the molecule is CC(C)(C)c1ccc(C(Cl)CC2CCCO2)s1. The number of rotatable bonds is 3. The molecule has 1 aromatic rings. The second kappa shape index (κ2) is 5.29. The first-order valence-corrected chi connectivity index (χ1v) is 7.58. The first-order chi connectivity index (χ1) is 7.97. The van der Waals surface area contributed by atoms with Gasteiger partial charge in [-0.05, 0) is 36.8 Å². The molecule has 0 bridgehead atoms. The molecule has 0 radical (unpaired) electrons. The van der Waals surface area contributed by atoms with Gasteiger partial charge in [0.15, 0.2) is 0 Å². The quantitative estimate of drug-likeness (QED) is 0.712. The standard InChI is InChI=1S/C14H21ClOS/c1-14(2,3)13-7-6-12(17-13)11(15)9-10-5-4-8-16-10/h6-7,10-11H,4-5,8-9H2,1-3H3. The highest BCUT2D eigenvalue weighted by Gasteiger charge is 2.23. The number of thiophene rings is 1. The molecule has 1 nitrogen and oxygen atoms in total. The van der Waals surface area contributed by atoms with Crippen LogP contribution < -0.4 is 0 Å². The van der Waals surface area contributed by atoms with E-state index in [1.54, 1.807) is 0 Å². The topological polar surface area (TPSA) is 9.23 Å². The summed E-state index contributed by atoms with van der Waals surface area (Å²) >= 11 is 8.32. The summed E-state index contributed by atoms with van der Waals surface area (Å²) in [6.07, 6.45) is 3.68. The average Bonchev–Trinajstić information content (AvgIpc) is 2.85. The van der Waals surface area contributed by atoms with Crippen LogP contribution in [0.25, 0.3) is 0 Å². The van der Waals surface area contributed by atoms with Gasteiger partial charge in [-0.1, -0.05) is 20.8 Å². The predicted octanol–water partition coefficient (Wildman–Crippen LogP) is 4.89. The Hall–Kier alpha value is -0.0500. The van der Waals surface area contributed by atoms with Gasteiger partial charge in [-0.15, -0.1) is 22.9 Å². The van der Waals surface area contributed by atoms with Crippen molar-refractivity contribution in [1.29, 1.82) is 0 Å². The van der Waals surface area contributed by atoms with Gasteiger partial charge in [0.25, 0.3) is 0 Å². The number of hydrogen-bond acceptors (Lipinski definition) is 2. The van der Waals surface area contributed by atoms with E-state index >= 15 is 0 Å². The van der Waals surface area contributed by atoms with E-state index in [-0.39, 0.29) is 10.8 Å². The second-order valence-electron chi connectivity index (χ2n) is 5.79. The van der Waals surface area contributed by atoms with Crippen LogP contribution in [0, 0.1) is 0 Å². The molecular formula is C14H21ClOS. The summed E-state index contributed by atoms with van der Waals surface area (Å²) in [5, 5.41) is 0.110. The lowest BCUT2D eigenvalue weighted by Crippen LogP contribution is -2.08. The average molecular weight is 273 g/mol. The Labute approximate surface area is 113 Å². The molecule has 1 saturated heterocycles. The monoisotopic (exact) mass is 272 g/mol. The van der Waals surface area contributed by atoms with Crippen molar-refractivity contribution in [2.24, 2.45) is 0 Å². The Balaban J connectivity index is 1.99. The number of ether oxygens (including phenoxy) is 1. The van der Waals surface area contributed by atoms with Crippen molar-refractivity contribution in [3.8, 4) is 0 Å². The number of alkyl halides is 1. The summed E-state index contributed by atoms with van der Waals surface area (Å²) in [5.74, 6) is 0. The van der Waals surface area contributed by atoms with Crippen LogP contribution in [-0.4, -0.2) is 12.7 Å². The van der Waals surface area contributed by atoms with E-state index in [2.05, 4.69) is 32.9 Å². The van der Waals surface area contributed by atoms with Gasteiger partial charge in [0.2, 0.25) is 0 Å². The molecule has 0 aromatic carbocycles. The van der Waals surface area contributed by atoms with Crippen LogP contribution >= 0.6 is 22.9 Å². The molecular weight excluding hydrogens is 252 g/mol. The van der Waals surface area contributed by atoms with Crippen LogP contribution in [0.4, 0.5) is 0 Å². The van der Waals surface area contributed by atoms with Gasteiger partial charge in [-0.3, -0.25) is 0 Å². The van der Waals surface area contributed by atoms with Gasteiger partial charge in [0.05, 0.1) is 11.5 Å². The van der Waals surface area contributed by atoms with Gasteiger partial charge in [0, 0.05) is 16.4 Å². The minimum atomic E-state index is 0.110. The maximum absolute atomic E-state index is 6.48. The zero-order valence-electron chi connectivity index (χ0n) is 10.8. The summed E-state index contributed by atoms with van der Waals surface area (Å²) in [5.41, 5.74) is 0.226. The molecule has 0 spiro atoms. The maximum Gasteiger partial charge on any atom is 0.0703 e. The first kappa shape index (κ1) is 13.4. The maximum atomic E-state index is 6.48. The van der Waals surface area contributed by atoms with Gasteiger partial charge in [-0.2, -0.15) is 0 Å². The van der Waals surface area contributed by atoms with Crippen molar-refractivity contribution < 1.29 is 4.74 Å². The van der Waals surface area contributed by atoms with E-state index in [4.69, 9.17) is 16.3 Å². The van der Waals surface area contributed by atoms with E-state index in [0.29, 0.717) is 6.10 Å². The summed E-state index contributed by atoms with van der Waals surface area (Å²) in [6.45, 7) is 7.63. The van der Waals surface area contributed by atoms with Crippen LogP contribution in [0.2, 0.25) is 0 Å². The molecule has 0 N–H and O–H groups in total. The fourth-order valence-electron chi connectivity index (χ4n) is 2.10. The zero-order valence-corrected chi connectivity index (χ0v) is 12.4. The second-order valence-corrected chi connectivity index (χ2v) is 7.43. The normalized spacial score (nSPS) is 22.9. The van der Waals surface area contributed by atoms with Crippen LogP contribution in [-0.2, 0) is 10.2 Å². The smallest absolute Gasteiger partial charge is 0.0703 e. The van der Waals surface area contributed by atoms with Gasteiger partial charge in [-0.25, -0.2) is 0 Å². The molecule has 3 heteroatoms. The Morgan fingerprint density at radius 2 is 2.24 bits per heavy atom. The van der Waals surface area contributed by atoms with Crippen LogP contribution in [0.1, 0.15) is 55.2 Å². The molecule has 1 aliphatic rings. The molecule has 1 aliphatic heterocycles. The van der Waals surface area contributed by atoms with Crippen LogP contribution in [0.5, 0.6) is 0 Å².